The fourth-order valence-corrected chi connectivity index (χ4v) is 2.66. The van der Waals surface area contributed by atoms with Gasteiger partial charge in [0.1, 0.15) is 12.4 Å². The van der Waals surface area contributed by atoms with E-state index in [2.05, 4.69) is 16.9 Å². The van der Waals surface area contributed by atoms with Gasteiger partial charge in [0.25, 0.3) is 5.91 Å². The molecule has 1 N–H and O–H groups in total. The van der Waals surface area contributed by atoms with Crippen LogP contribution in [0.2, 0.25) is 0 Å². The molecule has 6 heteroatoms. The van der Waals surface area contributed by atoms with Crippen molar-refractivity contribution in [3.8, 4) is 5.75 Å². The predicted octanol–water partition coefficient (Wildman–Crippen LogP) is 3.47. The zero-order valence-corrected chi connectivity index (χ0v) is 13.2. The number of rotatable bonds is 6. The molecule has 0 bridgehead atoms. The number of carbonyl (C=O) groups excluding carboxylic acids is 2. The fourth-order valence-electron chi connectivity index (χ4n) is 1.80. The number of nitrogens with zero attached hydrogens (tertiary/aromatic N) is 1. The van der Waals surface area contributed by atoms with E-state index in [4.69, 9.17) is 4.74 Å². The first-order valence-corrected chi connectivity index (χ1v) is 7.46. The molecular weight excluding hydrogens is 300 g/mol. The number of hydrogen-bond acceptors (Lipinski definition) is 5. The third-order valence-electron chi connectivity index (χ3n) is 2.82. The molecule has 0 saturated carbocycles. The second-order valence-electron chi connectivity index (χ2n) is 4.57. The van der Waals surface area contributed by atoms with Crippen molar-refractivity contribution in [3.05, 3.63) is 53.1 Å². The third-order valence-corrected chi connectivity index (χ3v) is 3.99. The molecule has 0 aliphatic heterocycles. The van der Waals surface area contributed by atoms with Crippen LogP contribution in [0.3, 0.4) is 0 Å². The Balaban J connectivity index is 2.07. The summed E-state index contributed by atoms with van der Waals surface area (Å²) >= 11 is 1.18. The van der Waals surface area contributed by atoms with Crippen LogP contribution in [0.5, 0.6) is 5.75 Å². The van der Waals surface area contributed by atoms with Crippen molar-refractivity contribution >= 4 is 28.2 Å². The number of ether oxygens (including phenoxy) is 1. The molecular formula is C16H16N2O3S. The van der Waals surface area contributed by atoms with Gasteiger partial charge in [-0.25, -0.2) is 4.98 Å². The Labute approximate surface area is 132 Å². The molecule has 0 radical (unpaired) electrons. The molecule has 0 unspecified atom stereocenters. The molecule has 22 heavy (non-hydrogen) atoms. The first-order chi connectivity index (χ1) is 10.5. The summed E-state index contributed by atoms with van der Waals surface area (Å²) in [6.45, 7) is 7.21. The highest BCUT2D eigenvalue weighted by Gasteiger charge is 2.14. The van der Waals surface area contributed by atoms with E-state index >= 15 is 0 Å². The van der Waals surface area contributed by atoms with Crippen LogP contribution < -0.4 is 10.1 Å². The Morgan fingerprint density at radius 2 is 2.05 bits per heavy atom. The number of nitrogens with one attached hydrogen (secondary N) is 1. The maximum absolute atomic E-state index is 12.1. The molecule has 1 amide bonds. The van der Waals surface area contributed by atoms with Gasteiger partial charge in [0.05, 0.1) is 10.6 Å². The number of amides is 1. The van der Waals surface area contributed by atoms with Gasteiger partial charge < -0.3 is 4.74 Å². The van der Waals surface area contributed by atoms with E-state index in [9.17, 15) is 9.59 Å². The molecule has 0 aliphatic rings. The van der Waals surface area contributed by atoms with Crippen molar-refractivity contribution in [2.45, 2.75) is 13.8 Å². The molecule has 2 rings (SSSR count). The largest absolute Gasteiger partial charge is 0.490 e. The summed E-state index contributed by atoms with van der Waals surface area (Å²) in [6.07, 6.45) is 1.65. The quantitative estimate of drug-likeness (QED) is 0.654. The summed E-state index contributed by atoms with van der Waals surface area (Å²) in [5.41, 5.74) is 1.11. The summed E-state index contributed by atoms with van der Waals surface area (Å²) in [7, 11) is 0. The number of aromatic nitrogens is 1. The summed E-state index contributed by atoms with van der Waals surface area (Å²) < 4.78 is 5.36. The second-order valence-corrected chi connectivity index (χ2v) is 5.57. The second kappa shape index (κ2) is 7.00. The van der Waals surface area contributed by atoms with E-state index in [-0.39, 0.29) is 11.7 Å². The first-order valence-electron chi connectivity index (χ1n) is 6.64. The van der Waals surface area contributed by atoms with Crippen molar-refractivity contribution in [2.75, 3.05) is 11.9 Å². The number of benzene rings is 1. The SMILES string of the molecule is C=CCOc1ccc(C(=O)Nc2nc(C)c(C(C)=O)s2)cc1. The number of ketones is 1. The summed E-state index contributed by atoms with van der Waals surface area (Å²) in [5, 5.41) is 3.11. The van der Waals surface area contributed by atoms with Crippen LogP contribution in [-0.2, 0) is 0 Å². The van der Waals surface area contributed by atoms with Crippen LogP contribution in [0.25, 0.3) is 0 Å². The smallest absolute Gasteiger partial charge is 0.257 e. The molecule has 0 atom stereocenters. The van der Waals surface area contributed by atoms with Gasteiger partial charge in [0, 0.05) is 12.5 Å². The third kappa shape index (κ3) is 3.79. The van der Waals surface area contributed by atoms with E-state index in [1.807, 2.05) is 0 Å². The van der Waals surface area contributed by atoms with Crippen molar-refractivity contribution in [1.29, 1.82) is 0 Å². The Kier molecular flexibility index (Phi) is 5.06. The van der Waals surface area contributed by atoms with Gasteiger partial charge in [-0.05, 0) is 31.2 Å². The van der Waals surface area contributed by atoms with Gasteiger partial charge in [-0.15, -0.1) is 0 Å². The van der Waals surface area contributed by atoms with Crippen LogP contribution in [-0.4, -0.2) is 23.3 Å². The number of aryl methyl sites for hydroxylation is 1. The van der Waals surface area contributed by atoms with E-state index in [0.717, 1.165) is 0 Å². The molecule has 0 aliphatic carbocycles. The van der Waals surface area contributed by atoms with E-state index in [0.29, 0.717) is 33.6 Å². The maximum Gasteiger partial charge on any atom is 0.257 e. The minimum absolute atomic E-state index is 0.0563. The molecule has 1 aromatic carbocycles. The van der Waals surface area contributed by atoms with Gasteiger partial charge in [-0.1, -0.05) is 24.0 Å². The zero-order chi connectivity index (χ0) is 16.1. The molecule has 114 valence electrons. The topological polar surface area (TPSA) is 68.3 Å². The first kappa shape index (κ1) is 15.9. The average molecular weight is 316 g/mol. The lowest BCUT2D eigenvalue weighted by atomic mass is 10.2. The van der Waals surface area contributed by atoms with E-state index < -0.39 is 0 Å². The van der Waals surface area contributed by atoms with Crippen LogP contribution in [0, 0.1) is 6.92 Å². The van der Waals surface area contributed by atoms with Crippen molar-refractivity contribution in [2.24, 2.45) is 0 Å². The van der Waals surface area contributed by atoms with Gasteiger partial charge in [0.2, 0.25) is 0 Å². The number of anilines is 1. The lowest BCUT2D eigenvalue weighted by Gasteiger charge is -2.05. The van der Waals surface area contributed by atoms with Crippen molar-refractivity contribution in [3.63, 3.8) is 0 Å². The predicted molar refractivity (Wildman–Crippen MR) is 86.9 cm³/mol. The standard InChI is InChI=1S/C16H16N2O3S/c1-4-9-21-13-7-5-12(6-8-13)15(20)18-16-17-10(2)14(22-16)11(3)19/h4-8H,1,9H2,2-3H3,(H,17,18,20). The summed E-state index contributed by atoms with van der Waals surface area (Å²) in [5.74, 6) is 0.332. The minimum atomic E-state index is -0.279. The molecule has 0 saturated heterocycles. The molecule has 1 aromatic heterocycles. The Bertz CT molecular complexity index is 705. The molecule has 2 aromatic rings. The average Bonchev–Trinajstić information content (AvgIpc) is 2.86. The van der Waals surface area contributed by atoms with Crippen LogP contribution >= 0.6 is 11.3 Å². The molecule has 5 nitrogen and oxygen atoms in total. The molecule has 0 fully saturated rings. The van der Waals surface area contributed by atoms with Crippen LogP contribution in [0.1, 0.15) is 32.6 Å². The number of hydrogen-bond donors (Lipinski definition) is 1. The molecule has 0 spiro atoms. The minimum Gasteiger partial charge on any atom is -0.490 e. The van der Waals surface area contributed by atoms with Gasteiger partial charge in [-0.3, -0.25) is 14.9 Å². The lowest BCUT2D eigenvalue weighted by molar-refractivity contribution is 0.101. The number of Topliss-reactive ketones (excluding diaryl/α,β-unsaturated/α-hetero) is 1. The Morgan fingerprint density at radius 1 is 1.36 bits per heavy atom. The van der Waals surface area contributed by atoms with Gasteiger partial charge >= 0.3 is 0 Å². The van der Waals surface area contributed by atoms with Crippen molar-refractivity contribution in [1.82, 2.24) is 4.98 Å². The summed E-state index contributed by atoms with van der Waals surface area (Å²) in [4.78, 5) is 28.3. The Morgan fingerprint density at radius 3 is 2.59 bits per heavy atom. The highest BCUT2D eigenvalue weighted by molar-refractivity contribution is 7.17. The maximum atomic E-state index is 12.1. The normalized spacial score (nSPS) is 10.1. The monoisotopic (exact) mass is 316 g/mol. The Hall–Kier alpha value is -2.47. The van der Waals surface area contributed by atoms with Crippen molar-refractivity contribution < 1.29 is 14.3 Å². The number of carbonyl (C=O) groups is 2. The van der Waals surface area contributed by atoms with E-state index in [1.54, 1.807) is 37.3 Å². The fraction of sp³-hybridized carbons (Fsp3) is 0.188. The summed E-state index contributed by atoms with van der Waals surface area (Å²) in [6, 6.07) is 6.76. The van der Waals surface area contributed by atoms with Crippen LogP contribution in [0.4, 0.5) is 5.13 Å². The van der Waals surface area contributed by atoms with Gasteiger partial charge in [0.15, 0.2) is 10.9 Å². The van der Waals surface area contributed by atoms with E-state index in [1.165, 1.54) is 18.3 Å². The number of thiazole rings is 1. The highest BCUT2D eigenvalue weighted by atomic mass is 32.1. The highest BCUT2D eigenvalue weighted by Crippen LogP contribution is 2.23. The zero-order valence-electron chi connectivity index (χ0n) is 12.4. The lowest BCUT2D eigenvalue weighted by Crippen LogP contribution is -2.11. The van der Waals surface area contributed by atoms with Crippen LogP contribution in [0.15, 0.2) is 36.9 Å². The van der Waals surface area contributed by atoms with Gasteiger partial charge in [-0.2, -0.15) is 0 Å². The molecule has 1 heterocycles.